The van der Waals surface area contributed by atoms with E-state index in [9.17, 15) is 4.79 Å². The highest BCUT2D eigenvalue weighted by Crippen LogP contribution is 2.21. The first-order chi connectivity index (χ1) is 12.0. The fraction of sp³-hybridized carbons (Fsp3) is 0.500. The molecule has 1 aliphatic rings. The number of hydrogen-bond donors (Lipinski definition) is 1. The zero-order valence-electron chi connectivity index (χ0n) is 15.1. The van der Waals surface area contributed by atoms with Gasteiger partial charge in [-0.1, -0.05) is 19.1 Å². The maximum Gasteiger partial charge on any atom is 0.321 e. The number of amides is 2. The molecule has 0 spiro atoms. The summed E-state index contributed by atoms with van der Waals surface area (Å²) in [4.78, 5) is 20.7. The first-order valence-corrected chi connectivity index (χ1v) is 8.66. The lowest BCUT2D eigenvalue weighted by Gasteiger charge is -2.39. The van der Waals surface area contributed by atoms with Crippen molar-refractivity contribution >= 4 is 11.7 Å². The highest BCUT2D eigenvalue weighted by Gasteiger charge is 2.29. The molecular weight excluding hydrogens is 316 g/mol. The van der Waals surface area contributed by atoms with E-state index in [0.717, 1.165) is 30.8 Å². The number of benzene rings is 1. The van der Waals surface area contributed by atoms with Crippen LogP contribution in [0.3, 0.4) is 0 Å². The molecule has 1 aromatic carbocycles. The first-order valence-electron chi connectivity index (χ1n) is 8.66. The standard InChI is InChI=1S/C18H26N6O/c1-14-10-22(2)9-8-17(14)23(3)18(25)21-16-6-4-15(5-7-16)11-24-13-19-12-20-24/h4-7,12-14,17H,8-11H2,1-3H3,(H,21,25). The zero-order valence-corrected chi connectivity index (χ0v) is 15.1. The number of nitrogens with one attached hydrogen (secondary N) is 1. The van der Waals surface area contributed by atoms with Crippen LogP contribution in [0.15, 0.2) is 36.9 Å². The summed E-state index contributed by atoms with van der Waals surface area (Å²) in [5, 5.41) is 7.09. The smallest absolute Gasteiger partial charge is 0.321 e. The van der Waals surface area contributed by atoms with Crippen molar-refractivity contribution in [1.29, 1.82) is 0 Å². The lowest BCUT2D eigenvalue weighted by molar-refractivity contribution is 0.113. The molecule has 1 fully saturated rings. The Morgan fingerprint density at radius 2 is 2.12 bits per heavy atom. The van der Waals surface area contributed by atoms with E-state index < -0.39 is 0 Å². The average molecular weight is 342 g/mol. The Morgan fingerprint density at radius 3 is 2.76 bits per heavy atom. The quantitative estimate of drug-likeness (QED) is 0.924. The van der Waals surface area contributed by atoms with Crippen LogP contribution in [0, 0.1) is 5.92 Å². The number of rotatable bonds is 4. The van der Waals surface area contributed by atoms with Crippen molar-refractivity contribution in [3.05, 3.63) is 42.5 Å². The van der Waals surface area contributed by atoms with Gasteiger partial charge in [0.1, 0.15) is 12.7 Å². The van der Waals surface area contributed by atoms with E-state index >= 15 is 0 Å². The topological polar surface area (TPSA) is 66.3 Å². The molecule has 1 aliphatic heterocycles. The number of carbonyl (C=O) groups excluding carboxylic acids is 1. The van der Waals surface area contributed by atoms with Crippen molar-refractivity contribution in [2.45, 2.75) is 25.9 Å². The fourth-order valence-corrected chi connectivity index (χ4v) is 3.47. The largest absolute Gasteiger partial charge is 0.324 e. The fourth-order valence-electron chi connectivity index (χ4n) is 3.47. The molecule has 0 saturated carbocycles. The van der Waals surface area contributed by atoms with Crippen molar-refractivity contribution in [2.75, 3.05) is 32.5 Å². The maximum absolute atomic E-state index is 12.6. The molecule has 3 rings (SSSR count). The number of piperidine rings is 1. The molecule has 2 unspecified atom stereocenters. The van der Waals surface area contributed by atoms with Gasteiger partial charge in [-0.3, -0.25) is 0 Å². The number of aromatic nitrogens is 3. The molecule has 0 aliphatic carbocycles. The Bertz CT molecular complexity index is 684. The summed E-state index contributed by atoms with van der Waals surface area (Å²) >= 11 is 0. The third kappa shape index (κ3) is 4.36. The minimum Gasteiger partial charge on any atom is -0.324 e. The van der Waals surface area contributed by atoms with E-state index in [1.165, 1.54) is 6.33 Å². The zero-order chi connectivity index (χ0) is 17.8. The maximum atomic E-state index is 12.6. The van der Waals surface area contributed by atoms with E-state index in [2.05, 4.69) is 34.3 Å². The number of urea groups is 1. The minimum atomic E-state index is -0.0505. The summed E-state index contributed by atoms with van der Waals surface area (Å²) in [6.45, 7) is 4.94. The summed E-state index contributed by atoms with van der Waals surface area (Å²) < 4.78 is 1.77. The summed E-state index contributed by atoms with van der Waals surface area (Å²) in [5.74, 6) is 0.472. The number of likely N-dealkylation sites (tertiary alicyclic amines) is 1. The van der Waals surface area contributed by atoms with Gasteiger partial charge in [-0.15, -0.1) is 0 Å². The van der Waals surface area contributed by atoms with Gasteiger partial charge >= 0.3 is 6.03 Å². The molecule has 2 aromatic rings. The minimum absolute atomic E-state index is 0.0505. The Hall–Kier alpha value is -2.41. The van der Waals surface area contributed by atoms with Crippen molar-refractivity contribution in [3.63, 3.8) is 0 Å². The highest BCUT2D eigenvalue weighted by atomic mass is 16.2. The van der Waals surface area contributed by atoms with Gasteiger partial charge in [-0.2, -0.15) is 5.10 Å². The Labute approximate surface area is 148 Å². The monoisotopic (exact) mass is 342 g/mol. The molecule has 2 heterocycles. The van der Waals surface area contributed by atoms with E-state index in [1.54, 1.807) is 11.0 Å². The van der Waals surface area contributed by atoms with Crippen molar-refractivity contribution in [1.82, 2.24) is 24.6 Å². The lowest BCUT2D eigenvalue weighted by atomic mass is 9.93. The molecule has 7 heteroatoms. The van der Waals surface area contributed by atoms with Crippen molar-refractivity contribution in [2.24, 2.45) is 5.92 Å². The van der Waals surface area contributed by atoms with Crippen LogP contribution in [-0.2, 0) is 6.54 Å². The van der Waals surface area contributed by atoms with Gasteiger partial charge in [-0.25, -0.2) is 14.5 Å². The molecule has 1 saturated heterocycles. The van der Waals surface area contributed by atoms with Crippen LogP contribution in [0.2, 0.25) is 0 Å². The second-order valence-corrected chi connectivity index (χ2v) is 6.93. The highest BCUT2D eigenvalue weighted by molar-refractivity contribution is 5.89. The normalized spacial score (nSPS) is 21.1. The SMILES string of the molecule is CC1CN(C)CCC1N(C)C(=O)Nc1ccc(Cn2cncn2)cc1. The molecule has 7 nitrogen and oxygen atoms in total. The summed E-state index contributed by atoms with van der Waals surface area (Å²) in [6, 6.07) is 8.07. The Balaban J connectivity index is 1.57. The number of carbonyl (C=O) groups is 1. The second kappa shape index (κ2) is 7.65. The van der Waals surface area contributed by atoms with Gasteiger partial charge in [0, 0.05) is 25.3 Å². The van der Waals surface area contributed by atoms with Crippen LogP contribution in [0.5, 0.6) is 0 Å². The molecule has 1 aromatic heterocycles. The van der Waals surface area contributed by atoms with Crippen LogP contribution in [-0.4, -0.2) is 63.8 Å². The molecule has 0 bridgehead atoms. The molecular formula is C18H26N6O. The summed E-state index contributed by atoms with van der Waals surface area (Å²) in [7, 11) is 4.02. The molecule has 134 valence electrons. The average Bonchev–Trinajstić information content (AvgIpc) is 3.09. The first kappa shape index (κ1) is 17.4. The number of nitrogens with zero attached hydrogens (tertiary/aromatic N) is 5. The van der Waals surface area contributed by atoms with Crippen LogP contribution < -0.4 is 5.32 Å². The van der Waals surface area contributed by atoms with E-state index in [4.69, 9.17) is 0 Å². The summed E-state index contributed by atoms with van der Waals surface area (Å²) in [6.07, 6.45) is 4.22. The van der Waals surface area contributed by atoms with Crippen LogP contribution in [0.25, 0.3) is 0 Å². The van der Waals surface area contributed by atoms with Crippen LogP contribution in [0.1, 0.15) is 18.9 Å². The van der Waals surface area contributed by atoms with Gasteiger partial charge < -0.3 is 15.1 Å². The third-order valence-corrected chi connectivity index (χ3v) is 4.90. The second-order valence-electron chi connectivity index (χ2n) is 6.93. The van der Waals surface area contributed by atoms with E-state index in [0.29, 0.717) is 12.5 Å². The molecule has 0 radical (unpaired) electrons. The number of anilines is 1. The summed E-state index contributed by atoms with van der Waals surface area (Å²) in [5.41, 5.74) is 1.92. The molecule has 1 N–H and O–H groups in total. The van der Waals surface area contributed by atoms with Gasteiger partial charge in [0.05, 0.1) is 6.54 Å². The van der Waals surface area contributed by atoms with Gasteiger partial charge in [-0.05, 0) is 43.6 Å². The van der Waals surface area contributed by atoms with Crippen molar-refractivity contribution < 1.29 is 4.79 Å². The van der Waals surface area contributed by atoms with Gasteiger partial charge in [0.25, 0.3) is 0 Å². The van der Waals surface area contributed by atoms with Gasteiger partial charge in [0.15, 0.2) is 0 Å². The van der Waals surface area contributed by atoms with E-state index in [1.807, 2.05) is 36.2 Å². The molecule has 25 heavy (non-hydrogen) atoms. The predicted molar refractivity (Wildman–Crippen MR) is 97.4 cm³/mol. The lowest BCUT2D eigenvalue weighted by Crippen LogP contribution is -2.50. The Kier molecular flexibility index (Phi) is 5.33. The Morgan fingerprint density at radius 1 is 1.36 bits per heavy atom. The van der Waals surface area contributed by atoms with Crippen LogP contribution >= 0.6 is 0 Å². The molecule has 2 amide bonds. The number of hydrogen-bond acceptors (Lipinski definition) is 4. The van der Waals surface area contributed by atoms with Crippen molar-refractivity contribution in [3.8, 4) is 0 Å². The van der Waals surface area contributed by atoms with E-state index in [-0.39, 0.29) is 12.1 Å². The van der Waals surface area contributed by atoms with Crippen LogP contribution in [0.4, 0.5) is 10.5 Å². The molecule has 2 atom stereocenters. The third-order valence-electron chi connectivity index (χ3n) is 4.90. The predicted octanol–water partition coefficient (Wildman–Crippen LogP) is 2.13. The van der Waals surface area contributed by atoms with Gasteiger partial charge in [0.2, 0.25) is 0 Å².